The third-order valence-electron chi connectivity index (χ3n) is 3.17. The van der Waals surface area contributed by atoms with Crippen LogP contribution < -0.4 is 5.73 Å². The Balaban J connectivity index is 2.82. The van der Waals surface area contributed by atoms with Crippen LogP contribution in [0.25, 0.3) is 0 Å². The number of hydrogen-bond donors (Lipinski definition) is 1. The summed E-state index contributed by atoms with van der Waals surface area (Å²) in [4.78, 5) is 2.97. The molecule has 0 unspecified atom stereocenters. The van der Waals surface area contributed by atoms with Crippen molar-refractivity contribution in [3.8, 4) is 0 Å². The number of thiocarbonyl (C=S) groups is 1. The predicted octanol–water partition coefficient (Wildman–Crippen LogP) is 2.88. The fourth-order valence-electron chi connectivity index (χ4n) is 2.22. The average molecular weight is 361 g/mol. The molecular formula is C14H25BrN4S. The van der Waals surface area contributed by atoms with Crippen molar-refractivity contribution in [2.75, 3.05) is 13.1 Å². The lowest BCUT2D eigenvalue weighted by molar-refractivity contribution is 0.236. The molecule has 0 bridgehead atoms. The third kappa shape index (κ3) is 5.14. The second-order valence-corrected chi connectivity index (χ2v) is 6.85. The molecule has 0 spiro atoms. The molecule has 1 heterocycles. The highest BCUT2D eigenvalue weighted by Gasteiger charge is 2.16. The summed E-state index contributed by atoms with van der Waals surface area (Å²) in [5.74, 6) is 0.610. The van der Waals surface area contributed by atoms with Crippen LogP contribution in [-0.4, -0.2) is 32.8 Å². The van der Waals surface area contributed by atoms with Gasteiger partial charge in [-0.25, -0.2) is 0 Å². The van der Waals surface area contributed by atoms with E-state index in [4.69, 9.17) is 18.0 Å². The summed E-state index contributed by atoms with van der Waals surface area (Å²) in [6.07, 6.45) is 1.70. The summed E-state index contributed by atoms with van der Waals surface area (Å²) < 4.78 is 3.10. The molecule has 20 heavy (non-hydrogen) atoms. The van der Waals surface area contributed by atoms with Crippen LogP contribution in [0.2, 0.25) is 0 Å². The molecule has 0 saturated heterocycles. The average Bonchev–Trinajstić information content (AvgIpc) is 2.62. The van der Waals surface area contributed by atoms with Gasteiger partial charge in [-0.2, -0.15) is 5.10 Å². The van der Waals surface area contributed by atoms with Crippen LogP contribution in [-0.2, 0) is 20.0 Å². The van der Waals surface area contributed by atoms with Gasteiger partial charge in [0.25, 0.3) is 0 Å². The van der Waals surface area contributed by atoms with Gasteiger partial charge in [0.1, 0.15) is 0 Å². The molecule has 0 saturated carbocycles. The standard InChI is InChI=1S/C14H25BrN4S/c1-5-11-14(15)12(18(4)17-11)9-19(8-10(2)3)7-6-13(16)20/h10H,5-9H2,1-4H3,(H2,16,20). The summed E-state index contributed by atoms with van der Waals surface area (Å²) >= 11 is 8.67. The molecule has 1 aromatic rings. The van der Waals surface area contributed by atoms with Crippen molar-refractivity contribution < 1.29 is 0 Å². The Morgan fingerprint density at radius 3 is 2.60 bits per heavy atom. The monoisotopic (exact) mass is 360 g/mol. The molecule has 0 aliphatic carbocycles. The van der Waals surface area contributed by atoms with Gasteiger partial charge >= 0.3 is 0 Å². The molecule has 1 aromatic heterocycles. The van der Waals surface area contributed by atoms with E-state index in [2.05, 4.69) is 46.7 Å². The van der Waals surface area contributed by atoms with Gasteiger partial charge in [0.2, 0.25) is 0 Å². The van der Waals surface area contributed by atoms with Crippen molar-refractivity contribution in [2.45, 2.75) is 40.2 Å². The topological polar surface area (TPSA) is 47.1 Å². The Kier molecular flexibility index (Phi) is 7.12. The largest absolute Gasteiger partial charge is 0.393 e. The smallest absolute Gasteiger partial charge is 0.0767 e. The van der Waals surface area contributed by atoms with Crippen molar-refractivity contribution in [3.05, 3.63) is 15.9 Å². The van der Waals surface area contributed by atoms with Crippen LogP contribution >= 0.6 is 28.1 Å². The number of aryl methyl sites for hydroxylation is 2. The summed E-state index contributed by atoms with van der Waals surface area (Å²) in [5, 5.41) is 4.55. The van der Waals surface area contributed by atoms with E-state index in [1.165, 1.54) is 5.69 Å². The highest BCUT2D eigenvalue weighted by molar-refractivity contribution is 9.10. The zero-order chi connectivity index (χ0) is 15.3. The fraction of sp³-hybridized carbons (Fsp3) is 0.714. The van der Waals surface area contributed by atoms with E-state index in [1.54, 1.807) is 0 Å². The minimum absolute atomic E-state index is 0.581. The lowest BCUT2D eigenvalue weighted by Crippen LogP contribution is -2.31. The van der Waals surface area contributed by atoms with Crippen molar-refractivity contribution >= 4 is 33.1 Å². The van der Waals surface area contributed by atoms with Crippen molar-refractivity contribution in [1.82, 2.24) is 14.7 Å². The number of nitrogens with zero attached hydrogens (tertiary/aromatic N) is 3. The Bertz CT molecular complexity index is 456. The first-order chi connectivity index (χ1) is 9.35. The Morgan fingerprint density at radius 1 is 1.50 bits per heavy atom. The SMILES string of the molecule is CCc1nn(C)c(CN(CCC(N)=S)CC(C)C)c1Br. The van der Waals surface area contributed by atoms with Gasteiger partial charge in [-0.1, -0.05) is 33.0 Å². The Hall–Kier alpha value is -0.460. The van der Waals surface area contributed by atoms with E-state index < -0.39 is 0 Å². The van der Waals surface area contributed by atoms with Gasteiger partial charge in [0.15, 0.2) is 0 Å². The number of aromatic nitrogens is 2. The summed E-state index contributed by atoms with van der Waals surface area (Å²) in [6.45, 7) is 9.36. The van der Waals surface area contributed by atoms with Gasteiger partial charge in [-0.05, 0) is 28.3 Å². The van der Waals surface area contributed by atoms with Crippen LogP contribution in [0, 0.1) is 5.92 Å². The van der Waals surface area contributed by atoms with Gasteiger partial charge in [0.05, 0.1) is 20.8 Å². The van der Waals surface area contributed by atoms with Crippen LogP contribution in [0.3, 0.4) is 0 Å². The molecule has 0 aromatic carbocycles. The zero-order valence-corrected chi connectivity index (χ0v) is 15.2. The number of halogens is 1. The molecule has 1 rings (SSSR count). The number of hydrogen-bond acceptors (Lipinski definition) is 3. The molecule has 0 radical (unpaired) electrons. The Morgan fingerprint density at radius 2 is 2.15 bits per heavy atom. The quantitative estimate of drug-likeness (QED) is 0.724. The highest BCUT2D eigenvalue weighted by Crippen LogP contribution is 2.23. The molecule has 0 aliphatic rings. The van der Waals surface area contributed by atoms with E-state index in [9.17, 15) is 0 Å². The van der Waals surface area contributed by atoms with Gasteiger partial charge in [0, 0.05) is 33.1 Å². The summed E-state index contributed by atoms with van der Waals surface area (Å²) in [7, 11) is 2.00. The fourth-order valence-corrected chi connectivity index (χ4v) is 3.06. The number of nitrogens with two attached hydrogens (primary N) is 1. The Labute approximate surface area is 135 Å². The minimum atomic E-state index is 0.581. The maximum Gasteiger partial charge on any atom is 0.0767 e. The van der Waals surface area contributed by atoms with E-state index in [-0.39, 0.29) is 0 Å². The highest BCUT2D eigenvalue weighted by atomic mass is 79.9. The summed E-state index contributed by atoms with van der Waals surface area (Å²) in [6, 6.07) is 0. The lowest BCUT2D eigenvalue weighted by Gasteiger charge is -2.24. The second-order valence-electron chi connectivity index (χ2n) is 5.53. The maximum absolute atomic E-state index is 5.63. The first kappa shape index (κ1) is 17.6. The van der Waals surface area contributed by atoms with E-state index in [0.29, 0.717) is 10.9 Å². The van der Waals surface area contributed by atoms with Crippen molar-refractivity contribution in [3.63, 3.8) is 0 Å². The minimum Gasteiger partial charge on any atom is -0.393 e. The lowest BCUT2D eigenvalue weighted by atomic mass is 10.2. The van der Waals surface area contributed by atoms with E-state index >= 15 is 0 Å². The molecule has 2 N–H and O–H groups in total. The molecular weight excluding hydrogens is 336 g/mol. The van der Waals surface area contributed by atoms with Gasteiger partial charge in [-0.3, -0.25) is 9.58 Å². The second kappa shape index (κ2) is 8.10. The van der Waals surface area contributed by atoms with Crippen LogP contribution in [0.5, 0.6) is 0 Å². The van der Waals surface area contributed by atoms with Crippen LogP contribution in [0.1, 0.15) is 38.6 Å². The molecule has 0 amide bonds. The zero-order valence-electron chi connectivity index (χ0n) is 12.8. The van der Waals surface area contributed by atoms with Gasteiger partial charge in [-0.15, -0.1) is 0 Å². The van der Waals surface area contributed by atoms with Crippen LogP contribution in [0.15, 0.2) is 4.47 Å². The predicted molar refractivity (Wildman–Crippen MR) is 91.8 cm³/mol. The molecule has 0 aliphatic heterocycles. The first-order valence-corrected chi connectivity index (χ1v) is 8.26. The molecule has 114 valence electrons. The molecule has 6 heteroatoms. The van der Waals surface area contributed by atoms with E-state index in [0.717, 1.165) is 42.6 Å². The van der Waals surface area contributed by atoms with E-state index in [1.807, 2.05) is 11.7 Å². The molecule has 4 nitrogen and oxygen atoms in total. The third-order valence-corrected chi connectivity index (χ3v) is 4.29. The first-order valence-electron chi connectivity index (χ1n) is 7.06. The van der Waals surface area contributed by atoms with Crippen molar-refractivity contribution in [1.29, 1.82) is 0 Å². The van der Waals surface area contributed by atoms with Crippen molar-refractivity contribution in [2.24, 2.45) is 18.7 Å². The summed E-state index contributed by atoms with van der Waals surface area (Å²) in [5.41, 5.74) is 7.95. The molecule has 0 fully saturated rings. The number of rotatable bonds is 8. The maximum atomic E-state index is 5.63. The van der Waals surface area contributed by atoms with Crippen LogP contribution in [0.4, 0.5) is 0 Å². The molecule has 0 atom stereocenters. The van der Waals surface area contributed by atoms with Gasteiger partial charge < -0.3 is 5.73 Å². The normalized spacial score (nSPS) is 11.6.